The predicted molar refractivity (Wildman–Crippen MR) is 116 cm³/mol. The molecule has 6 nitrogen and oxygen atoms in total. The summed E-state index contributed by atoms with van der Waals surface area (Å²) in [7, 11) is 1.71. The Hall–Kier alpha value is -3.15. The third kappa shape index (κ3) is 4.53. The SMILES string of the molecule is COc1ccccc1C1CCCN(C(=O)C=Cc2cnc3c(c2)CCC(=O)N3)CC1. The minimum Gasteiger partial charge on any atom is -0.496 e. The van der Waals surface area contributed by atoms with Crippen LogP contribution in [0.25, 0.3) is 6.08 Å². The van der Waals surface area contributed by atoms with Crippen molar-refractivity contribution in [2.75, 3.05) is 25.5 Å². The zero-order valence-electron chi connectivity index (χ0n) is 17.3. The van der Waals surface area contributed by atoms with E-state index in [4.69, 9.17) is 4.74 Å². The van der Waals surface area contributed by atoms with Gasteiger partial charge in [0.2, 0.25) is 11.8 Å². The lowest BCUT2D eigenvalue weighted by molar-refractivity contribution is -0.126. The lowest BCUT2D eigenvalue weighted by Gasteiger charge is -2.20. The molecule has 1 fully saturated rings. The molecule has 156 valence electrons. The van der Waals surface area contributed by atoms with Crippen LogP contribution in [0.1, 0.15) is 48.3 Å². The fourth-order valence-electron chi connectivity index (χ4n) is 4.27. The van der Waals surface area contributed by atoms with Crippen molar-refractivity contribution in [3.8, 4) is 5.75 Å². The van der Waals surface area contributed by atoms with Gasteiger partial charge in [0.15, 0.2) is 0 Å². The van der Waals surface area contributed by atoms with Crippen molar-refractivity contribution in [1.82, 2.24) is 9.88 Å². The summed E-state index contributed by atoms with van der Waals surface area (Å²) in [5.74, 6) is 1.99. The molecule has 1 atom stereocenters. The summed E-state index contributed by atoms with van der Waals surface area (Å²) < 4.78 is 5.53. The van der Waals surface area contributed by atoms with E-state index in [1.54, 1.807) is 19.4 Å². The minimum absolute atomic E-state index is 0.000982. The van der Waals surface area contributed by atoms with Gasteiger partial charge in [-0.05, 0) is 66.5 Å². The number of nitrogens with one attached hydrogen (secondary N) is 1. The maximum Gasteiger partial charge on any atom is 0.246 e. The number of nitrogens with zero attached hydrogens (tertiary/aromatic N) is 2. The topological polar surface area (TPSA) is 71.5 Å². The van der Waals surface area contributed by atoms with E-state index in [1.165, 1.54) is 5.56 Å². The lowest BCUT2D eigenvalue weighted by atomic mass is 9.91. The van der Waals surface area contributed by atoms with E-state index < -0.39 is 0 Å². The maximum atomic E-state index is 12.8. The first-order valence-corrected chi connectivity index (χ1v) is 10.5. The van der Waals surface area contributed by atoms with Crippen molar-refractivity contribution in [2.45, 2.75) is 38.0 Å². The van der Waals surface area contributed by atoms with Gasteiger partial charge in [0.25, 0.3) is 0 Å². The van der Waals surface area contributed by atoms with Crippen molar-refractivity contribution < 1.29 is 14.3 Å². The number of amides is 2. The number of aryl methyl sites for hydroxylation is 1. The van der Waals surface area contributed by atoms with Crippen LogP contribution in [-0.4, -0.2) is 41.9 Å². The highest BCUT2D eigenvalue weighted by Gasteiger charge is 2.22. The van der Waals surface area contributed by atoms with Crippen molar-refractivity contribution in [1.29, 1.82) is 0 Å². The molecule has 2 aliphatic rings. The zero-order chi connectivity index (χ0) is 20.9. The average Bonchev–Trinajstić information content (AvgIpc) is 3.03. The molecule has 6 heteroatoms. The Balaban J connectivity index is 1.39. The standard InChI is InChI=1S/C24H27N3O3/c1-30-21-7-3-2-6-20(21)18-5-4-13-27(14-12-18)23(29)11-8-17-15-19-9-10-22(28)26-24(19)25-16-17/h2-3,6-8,11,15-16,18H,4-5,9-10,12-14H2,1H3,(H,25,26,28). The minimum atomic E-state index is 0.000982. The summed E-state index contributed by atoms with van der Waals surface area (Å²) in [4.78, 5) is 30.5. The molecule has 4 rings (SSSR count). The molecule has 0 radical (unpaired) electrons. The van der Waals surface area contributed by atoms with Gasteiger partial charge in [0, 0.05) is 31.8 Å². The quantitative estimate of drug-likeness (QED) is 0.786. The average molecular weight is 405 g/mol. The molecule has 30 heavy (non-hydrogen) atoms. The van der Waals surface area contributed by atoms with E-state index >= 15 is 0 Å². The van der Waals surface area contributed by atoms with Crippen LogP contribution in [0.3, 0.4) is 0 Å². The number of aromatic nitrogens is 1. The number of hydrogen-bond acceptors (Lipinski definition) is 4. The number of para-hydroxylation sites is 1. The van der Waals surface area contributed by atoms with Crippen LogP contribution in [0, 0.1) is 0 Å². The van der Waals surface area contributed by atoms with Crippen LogP contribution in [0.15, 0.2) is 42.6 Å². The molecule has 1 saturated heterocycles. The molecular weight excluding hydrogens is 378 g/mol. The molecule has 2 aliphatic heterocycles. The molecule has 1 aromatic carbocycles. The first-order valence-electron chi connectivity index (χ1n) is 10.5. The van der Waals surface area contributed by atoms with Gasteiger partial charge in [-0.2, -0.15) is 0 Å². The number of rotatable bonds is 4. The number of ether oxygens (including phenoxy) is 1. The van der Waals surface area contributed by atoms with Crippen LogP contribution in [0.5, 0.6) is 5.75 Å². The number of carbonyl (C=O) groups is 2. The number of benzene rings is 1. The first kappa shape index (κ1) is 20.1. The van der Waals surface area contributed by atoms with Crippen LogP contribution in [0.2, 0.25) is 0 Å². The Kier molecular flexibility index (Phi) is 6.12. The summed E-state index contributed by atoms with van der Waals surface area (Å²) in [5, 5.41) is 2.78. The Morgan fingerprint density at radius 3 is 2.97 bits per heavy atom. The van der Waals surface area contributed by atoms with Gasteiger partial charge in [-0.1, -0.05) is 18.2 Å². The van der Waals surface area contributed by atoms with E-state index in [0.717, 1.165) is 49.2 Å². The molecule has 2 amide bonds. The van der Waals surface area contributed by atoms with E-state index in [2.05, 4.69) is 16.4 Å². The highest BCUT2D eigenvalue weighted by Crippen LogP contribution is 2.34. The summed E-state index contributed by atoms with van der Waals surface area (Å²) >= 11 is 0. The number of pyridine rings is 1. The lowest BCUT2D eigenvalue weighted by Crippen LogP contribution is -2.30. The second-order valence-corrected chi connectivity index (χ2v) is 7.85. The van der Waals surface area contributed by atoms with Crippen molar-refractivity contribution in [3.63, 3.8) is 0 Å². The fourth-order valence-corrected chi connectivity index (χ4v) is 4.27. The van der Waals surface area contributed by atoms with Gasteiger partial charge < -0.3 is 15.0 Å². The molecular formula is C24H27N3O3. The van der Waals surface area contributed by atoms with Crippen LogP contribution in [-0.2, 0) is 16.0 Å². The smallest absolute Gasteiger partial charge is 0.246 e. The van der Waals surface area contributed by atoms with Gasteiger partial charge in [-0.3, -0.25) is 9.59 Å². The molecule has 2 aromatic rings. The molecule has 0 aliphatic carbocycles. The van der Waals surface area contributed by atoms with E-state index in [9.17, 15) is 9.59 Å². The number of anilines is 1. The monoisotopic (exact) mass is 405 g/mol. The van der Waals surface area contributed by atoms with Crippen LogP contribution in [0.4, 0.5) is 5.82 Å². The second-order valence-electron chi connectivity index (χ2n) is 7.85. The molecule has 1 unspecified atom stereocenters. The van der Waals surface area contributed by atoms with Crippen LogP contribution >= 0.6 is 0 Å². The number of carbonyl (C=O) groups excluding carboxylic acids is 2. The molecule has 3 heterocycles. The second kappa shape index (κ2) is 9.11. The third-order valence-corrected chi connectivity index (χ3v) is 5.90. The number of hydrogen-bond donors (Lipinski definition) is 1. The van der Waals surface area contributed by atoms with Crippen LogP contribution < -0.4 is 10.1 Å². The Morgan fingerprint density at radius 1 is 1.23 bits per heavy atom. The van der Waals surface area contributed by atoms with Gasteiger partial charge in [-0.25, -0.2) is 4.98 Å². The largest absolute Gasteiger partial charge is 0.496 e. The fraction of sp³-hybridized carbons (Fsp3) is 0.375. The summed E-state index contributed by atoms with van der Waals surface area (Å²) in [6.07, 6.45) is 9.25. The van der Waals surface area contributed by atoms with E-state index in [-0.39, 0.29) is 11.8 Å². The molecule has 1 aromatic heterocycles. The highest BCUT2D eigenvalue weighted by molar-refractivity contribution is 5.93. The van der Waals surface area contributed by atoms with Crippen molar-refractivity contribution in [2.24, 2.45) is 0 Å². The van der Waals surface area contributed by atoms with Gasteiger partial charge in [0.1, 0.15) is 11.6 Å². The predicted octanol–water partition coefficient (Wildman–Crippen LogP) is 3.78. The van der Waals surface area contributed by atoms with Gasteiger partial charge in [0.05, 0.1) is 7.11 Å². The Bertz CT molecular complexity index is 970. The molecule has 0 saturated carbocycles. The third-order valence-electron chi connectivity index (χ3n) is 5.90. The summed E-state index contributed by atoms with van der Waals surface area (Å²) in [6.45, 7) is 1.50. The molecule has 0 spiro atoms. The van der Waals surface area contributed by atoms with E-state index in [0.29, 0.717) is 24.6 Å². The highest BCUT2D eigenvalue weighted by atomic mass is 16.5. The zero-order valence-corrected chi connectivity index (χ0v) is 17.3. The van der Waals surface area contributed by atoms with Crippen molar-refractivity contribution >= 4 is 23.7 Å². The number of methoxy groups -OCH3 is 1. The Morgan fingerprint density at radius 2 is 2.10 bits per heavy atom. The number of likely N-dealkylation sites (tertiary alicyclic amines) is 1. The molecule has 0 bridgehead atoms. The maximum absolute atomic E-state index is 12.8. The van der Waals surface area contributed by atoms with Crippen molar-refractivity contribution in [3.05, 3.63) is 59.3 Å². The van der Waals surface area contributed by atoms with Gasteiger partial charge >= 0.3 is 0 Å². The van der Waals surface area contributed by atoms with E-state index in [1.807, 2.05) is 35.2 Å². The number of fused-ring (bicyclic) bond motifs is 1. The summed E-state index contributed by atoms with van der Waals surface area (Å²) in [5.41, 5.74) is 3.12. The normalized spacial score (nSPS) is 19.2. The van der Waals surface area contributed by atoms with Gasteiger partial charge in [-0.15, -0.1) is 0 Å². The first-order chi connectivity index (χ1) is 14.6. The summed E-state index contributed by atoms with van der Waals surface area (Å²) in [6, 6.07) is 10.2. The Labute approximate surface area is 176 Å². The molecule has 1 N–H and O–H groups in total.